The molecule has 1 fully saturated rings. The Morgan fingerprint density at radius 2 is 1.71 bits per heavy atom. The van der Waals surface area contributed by atoms with Crippen LogP contribution < -0.4 is 0 Å². The van der Waals surface area contributed by atoms with Gasteiger partial charge in [0.1, 0.15) is 0 Å². The van der Waals surface area contributed by atoms with Gasteiger partial charge in [-0.15, -0.1) is 0 Å². The Bertz CT molecular complexity index is 237. The minimum absolute atomic E-state index is 0.0988. The van der Waals surface area contributed by atoms with Crippen LogP contribution >= 0.6 is 0 Å². The van der Waals surface area contributed by atoms with Crippen LogP contribution in [0, 0.1) is 5.92 Å². The summed E-state index contributed by atoms with van der Waals surface area (Å²) >= 11 is 0. The summed E-state index contributed by atoms with van der Waals surface area (Å²) in [6.07, 6.45) is 6.45. The lowest BCUT2D eigenvalue weighted by atomic mass is 9.86. The van der Waals surface area contributed by atoms with Gasteiger partial charge in [-0.05, 0) is 38.3 Å². The zero-order valence-electron chi connectivity index (χ0n) is 12.1. The molecule has 0 spiro atoms. The van der Waals surface area contributed by atoms with Crippen molar-refractivity contribution in [1.82, 2.24) is 4.90 Å². The Morgan fingerprint density at radius 3 is 2.12 bits per heavy atom. The van der Waals surface area contributed by atoms with Crippen LogP contribution in [0.1, 0.15) is 66.2 Å². The molecule has 0 bridgehead atoms. The molecule has 1 saturated carbocycles. The van der Waals surface area contributed by atoms with Gasteiger partial charge in [0.05, 0.1) is 5.54 Å². The number of ketones is 1. The van der Waals surface area contributed by atoms with Gasteiger partial charge < -0.3 is 0 Å². The maximum Gasteiger partial charge on any atom is 0.153 e. The average molecular weight is 239 g/mol. The number of hydrogen-bond acceptors (Lipinski definition) is 2. The number of hydrogen-bond donors (Lipinski definition) is 0. The van der Waals surface area contributed by atoms with Gasteiger partial charge in [-0.2, -0.15) is 0 Å². The number of nitrogens with zero attached hydrogens (tertiary/aromatic N) is 1. The first-order chi connectivity index (χ1) is 8.06. The molecule has 0 N–H and O–H groups in total. The second-order valence-electron chi connectivity index (χ2n) is 5.77. The first-order valence-corrected chi connectivity index (χ1v) is 7.35. The highest BCUT2D eigenvalue weighted by atomic mass is 16.1. The molecule has 0 atom stereocenters. The quantitative estimate of drug-likeness (QED) is 0.676. The van der Waals surface area contributed by atoms with E-state index in [1.54, 1.807) is 0 Å². The topological polar surface area (TPSA) is 20.3 Å². The van der Waals surface area contributed by atoms with Crippen molar-refractivity contribution < 1.29 is 4.79 Å². The first kappa shape index (κ1) is 14.7. The predicted octanol–water partition coefficient (Wildman–Crippen LogP) is 3.65. The molecule has 1 aliphatic rings. The molecule has 0 radical (unpaired) electrons. The minimum atomic E-state index is -0.0988. The third kappa shape index (κ3) is 3.31. The summed E-state index contributed by atoms with van der Waals surface area (Å²) in [4.78, 5) is 15.0. The van der Waals surface area contributed by atoms with Crippen molar-refractivity contribution in [3.63, 3.8) is 0 Å². The SMILES string of the molecule is CCN(CC)C1(C(=O)CCC(C)C)CCCC1. The summed E-state index contributed by atoms with van der Waals surface area (Å²) < 4.78 is 0. The number of Topliss-reactive ketones (excluding diaryl/α,β-unsaturated/α-hetero) is 1. The van der Waals surface area contributed by atoms with E-state index in [0.717, 1.165) is 38.8 Å². The maximum atomic E-state index is 12.6. The molecule has 17 heavy (non-hydrogen) atoms. The third-order valence-electron chi connectivity index (χ3n) is 4.27. The largest absolute Gasteiger partial charge is 0.298 e. The van der Waals surface area contributed by atoms with Gasteiger partial charge in [0.25, 0.3) is 0 Å². The van der Waals surface area contributed by atoms with Gasteiger partial charge in [-0.1, -0.05) is 40.5 Å². The first-order valence-electron chi connectivity index (χ1n) is 7.35. The van der Waals surface area contributed by atoms with Crippen LogP contribution in [0.3, 0.4) is 0 Å². The fourth-order valence-corrected chi connectivity index (χ4v) is 3.21. The molecule has 100 valence electrons. The van der Waals surface area contributed by atoms with Crippen LogP contribution in [0.2, 0.25) is 0 Å². The van der Waals surface area contributed by atoms with Crippen molar-refractivity contribution in [2.75, 3.05) is 13.1 Å². The van der Waals surface area contributed by atoms with E-state index in [-0.39, 0.29) is 5.54 Å². The molecule has 0 saturated heterocycles. The predicted molar refractivity (Wildman–Crippen MR) is 73.2 cm³/mol. The van der Waals surface area contributed by atoms with E-state index in [1.165, 1.54) is 12.8 Å². The number of carbonyl (C=O) groups is 1. The van der Waals surface area contributed by atoms with E-state index in [4.69, 9.17) is 0 Å². The monoisotopic (exact) mass is 239 g/mol. The highest BCUT2D eigenvalue weighted by Crippen LogP contribution is 2.37. The molecule has 1 aliphatic carbocycles. The normalized spacial score (nSPS) is 19.2. The van der Waals surface area contributed by atoms with Crippen molar-refractivity contribution in [3.05, 3.63) is 0 Å². The molecular weight excluding hydrogens is 210 g/mol. The second kappa shape index (κ2) is 6.53. The Balaban J connectivity index is 2.73. The molecular formula is C15H29NO. The second-order valence-corrected chi connectivity index (χ2v) is 5.77. The Kier molecular flexibility index (Phi) is 5.64. The van der Waals surface area contributed by atoms with E-state index in [0.29, 0.717) is 11.7 Å². The van der Waals surface area contributed by atoms with Gasteiger partial charge in [0.2, 0.25) is 0 Å². The van der Waals surface area contributed by atoms with Gasteiger partial charge >= 0.3 is 0 Å². The zero-order chi connectivity index (χ0) is 12.9. The summed E-state index contributed by atoms with van der Waals surface area (Å²) in [6, 6.07) is 0. The van der Waals surface area contributed by atoms with E-state index >= 15 is 0 Å². The number of likely N-dealkylation sites (N-methyl/N-ethyl adjacent to an activating group) is 1. The van der Waals surface area contributed by atoms with Crippen LogP contribution in [-0.4, -0.2) is 29.3 Å². The van der Waals surface area contributed by atoms with E-state index in [1.807, 2.05) is 0 Å². The lowest BCUT2D eigenvalue weighted by Crippen LogP contribution is -2.52. The van der Waals surface area contributed by atoms with Gasteiger partial charge in [0.15, 0.2) is 5.78 Å². The van der Waals surface area contributed by atoms with Gasteiger partial charge in [-0.3, -0.25) is 9.69 Å². The summed E-state index contributed by atoms with van der Waals surface area (Å²) in [7, 11) is 0. The van der Waals surface area contributed by atoms with Crippen LogP contribution in [0.5, 0.6) is 0 Å². The maximum absolute atomic E-state index is 12.6. The summed E-state index contributed by atoms with van der Waals surface area (Å²) in [5, 5.41) is 0. The summed E-state index contributed by atoms with van der Waals surface area (Å²) in [5.74, 6) is 1.14. The fourth-order valence-electron chi connectivity index (χ4n) is 3.21. The van der Waals surface area contributed by atoms with E-state index < -0.39 is 0 Å². The van der Waals surface area contributed by atoms with Crippen molar-refractivity contribution in [3.8, 4) is 0 Å². The smallest absolute Gasteiger partial charge is 0.153 e. The van der Waals surface area contributed by atoms with Crippen molar-refractivity contribution >= 4 is 5.78 Å². The minimum Gasteiger partial charge on any atom is -0.298 e. The van der Waals surface area contributed by atoms with Gasteiger partial charge in [-0.25, -0.2) is 0 Å². The van der Waals surface area contributed by atoms with Crippen LogP contribution in [0.4, 0.5) is 0 Å². The fraction of sp³-hybridized carbons (Fsp3) is 0.933. The van der Waals surface area contributed by atoms with Gasteiger partial charge in [0, 0.05) is 6.42 Å². The average Bonchev–Trinajstić information content (AvgIpc) is 2.78. The van der Waals surface area contributed by atoms with Crippen LogP contribution in [-0.2, 0) is 4.79 Å². The lowest BCUT2D eigenvalue weighted by molar-refractivity contribution is -0.131. The summed E-state index contributed by atoms with van der Waals surface area (Å²) in [5.41, 5.74) is -0.0988. The molecule has 2 heteroatoms. The molecule has 0 aliphatic heterocycles. The molecule has 0 aromatic carbocycles. The molecule has 0 heterocycles. The van der Waals surface area contributed by atoms with Crippen molar-refractivity contribution in [2.45, 2.75) is 71.8 Å². The van der Waals surface area contributed by atoms with Crippen LogP contribution in [0.15, 0.2) is 0 Å². The molecule has 2 nitrogen and oxygen atoms in total. The van der Waals surface area contributed by atoms with E-state index in [2.05, 4.69) is 32.6 Å². The summed E-state index contributed by atoms with van der Waals surface area (Å²) in [6.45, 7) is 10.8. The number of carbonyl (C=O) groups excluding carboxylic acids is 1. The van der Waals surface area contributed by atoms with Crippen molar-refractivity contribution in [1.29, 1.82) is 0 Å². The highest BCUT2D eigenvalue weighted by molar-refractivity contribution is 5.88. The number of rotatable bonds is 7. The Labute approximate surface area is 107 Å². The zero-order valence-corrected chi connectivity index (χ0v) is 12.1. The molecule has 1 rings (SSSR count). The van der Waals surface area contributed by atoms with Crippen molar-refractivity contribution in [2.24, 2.45) is 5.92 Å². The lowest BCUT2D eigenvalue weighted by Gasteiger charge is -2.39. The Hall–Kier alpha value is -0.370. The third-order valence-corrected chi connectivity index (χ3v) is 4.27. The molecule has 0 aromatic heterocycles. The Morgan fingerprint density at radius 1 is 1.18 bits per heavy atom. The highest BCUT2D eigenvalue weighted by Gasteiger charge is 2.43. The van der Waals surface area contributed by atoms with Crippen LogP contribution in [0.25, 0.3) is 0 Å². The van der Waals surface area contributed by atoms with E-state index in [9.17, 15) is 4.79 Å². The molecule has 0 unspecified atom stereocenters. The molecule has 0 amide bonds. The standard InChI is InChI=1S/C15H29NO/c1-5-16(6-2)15(11-7-8-12-15)14(17)10-9-13(3)4/h13H,5-12H2,1-4H3. The molecule has 0 aromatic rings.